The predicted octanol–water partition coefficient (Wildman–Crippen LogP) is 4.15. The van der Waals surface area contributed by atoms with E-state index in [1.165, 1.54) is 6.42 Å². The highest BCUT2D eigenvalue weighted by Crippen LogP contribution is 2.42. The maximum absolute atomic E-state index is 7.95. The van der Waals surface area contributed by atoms with Crippen LogP contribution < -0.4 is 0 Å². The number of hydrogen-bond acceptors (Lipinski definition) is 0. The third-order valence-corrected chi connectivity index (χ3v) is 2.86. The fraction of sp³-hybridized carbons (Fsp3) is 1.00. The molecule has 0 spiro atoms. The van der Waals surface area contributed by atoms with E-state index in [-0.39, 0.29) is 0 Å². The SMILES string of the molecule is [2H]C([2H])(C)CC1(C([2H])([2H])C)CCCCC1. The van der Waals surface area contributed by atoms with Crippen molar-refractivity contribution >= 4 is 0 Å². The van der Waals surface area contributed by atoms with Crippen molar-refractivity contribution in [2.24, 2.45) is 5.41 Å². The average Bonchev–Trinajstić information content (AvgIpc) is 2.00. The molecule has 0 heterocycles. The number of rotatable bonds is 3. The van der Waals surface area contributed by atoms with E-state index in [9.17, 15) is 0 Å². The monoisotopic (exact) mass is 158 g/mol. The minimum absolute atomic E-state index is 0.351. The van der Waals surface area contributed by atoms with Crippen LogP contribution in [-0.4, -0.2) is 0 Å². The summed E-state index contributed by atoms with van der Waals surface area (Å²) in [7, 11) is 0. The van der Waals surface area contributed by atoms with Crippen LogP contribution in [0.5, 0.6) is 0 Å². The second-order valence-corrected chi connectivity index (χ2v) is 3.62. The van der Waals surface area contributed by atoms with E-state index in [0.717, 1.165) is 25.7 Å². The molecule has 0 bridgehead atoms. The van der Waals surface area contributed by atoms with Crippen LogP contribution in [0.4, 0.5) is 0 Å². The van der Waals surface area contributed by atoms with Gasteiger partial charge in [-0.2, -0.15) is 0 Å². The van der Waals surface area contributed by atoms with Gasteiger partial charge in [0.2, 0.25) is 0 Å². The zero-order valence-corrected chi connectivity index (χ0v) is 7.74. The summed E-state index contributed by atoms with van der Waals surface area (Å²) in [5.41, 5.74) is -0.441. The Morgan fingerprint density at radius 3 is 2.27 bits per heavy atom. The molecule has 0 unspecified atom stereocenters. The van der Waals surface area contributed by atoms with Gasteiger partial charge in [0.25, 0.3) is 0 Å². The van der Waals surface area contributed by atoms with Gasteiger partial charge in [0, 0.05) is 5.48 Å². The summed E-state index contributed by atoms with van der Waals surface area (Å²) in [5, 5.41) is 0. The molecule has 1 rings (SSSR count). The Labute approximate surface area is 77.0 Å². The van der Waals surface area contributed by atoms with E-state index in [1.54, 1.807) is 13.8 Å². The van der Waals surface area contributed by atoms with Crippen molar-refractivity contribution in [2.45, 2.75) is 65.1 Å². The molecule has 0 atom stereocenters. The molecule has 0 amide bonds. The summed E-state index contributed by atoms with van der Waals surface area (Å²) in [6, 6.07) is 0. The van der Waals surface area contributed by atoms with E-state index in [0.29, 0.717) is 6.42 Å². The molecule has 0 aromatic carbocycles. The molecule has 1 aliphatic carbocycles. The molecule has 0 aromatic heterocycles. The summed E-state index contributed by atoms with van der Waals surface area (Å²) in [5.74, 6) is 0. The van der Waals surface area contributed by atoms with Crippen molar-refractivity contribution in [1.29, 1.82) is 0 Å². The summed E-state index contributed by atoms with van der Waals surface area (Å²) in [6.07, 6.45) is 2.76. The van der Waals surface area contributed by atoms with Crippen LogP contribution >= 0.6 is 0 Å². The smallest absolute Gasteiger partial charge is 0.0269 e. The first-order valence-electron chi connectivity index (χ1n) is 6.66. The van der Waals surface area contributed by atoms with Crippen LogP contribution in [0.2, 0.25) is 0 Å². The van der Waals surface area contributed by atoms with Gasteiger partial charge < -0.3 is 0 Å². The molecule has 0 N–H and O–H groups in total. The Balaban J connectivity index is 2.86. The Bertz CT molecular complexity index is 206. The first kappa shape index (κ1) is 4.89. The molecule has 0 saturated heterocycles. The van der Waals surface area contributed by atoms with E-state index < -0.39 is 18.2 Å². The lowest BCUT2D eigenvalue weighted by Gasteiger charge is -2.36. The van der Waals surface area contributed by atoms with Crippen molar-refractivity contribution < 1.29 is 5.48 Å². The normalized spacial score (nSPS) is 31.5. The first-order chi connectivity index (χ1) is 6.66. The lowest BCUT2D eigenvalue weighted by atomic mass is 9.70. The topological polar surface area (TPSA) is 0 Å². The van der Waals surface area contributed by atoms with Gasteiger partial charge >= 0.3 is 0 Å². The summed E-state index contributed by atoms with van der Waals surface area (Å²) >= 11 is 0. The fourth-order valence-electron chi connectivity index (χ4n) is 2.08. The molecule has 0 radical (unpaired) electrons. The van der Waals surface area contributed by atoms with Crippen LogP contribution in [0.15, 0.2) is 0 Å². The Hall–Kier alpha value is 0. The Morgan fingerprint density at radius 2 is 1.82 bits per heavy atom. The van der Waals surface area contributed by atoms with Gasteiger partial charge in [-0.3, -0.25) is 0 Å². The quantitative estimate of drug-likeness (QED) is 0.579. The minimum atomic E-state index is -1.27. The van der Waals surface area contributed by atoms with Gasteiger partial charge in [0.15, 0.2) is 0 Å². The molecule has 0 aliphatic heterocycles. The van der Waals surface area contributed by atoms with Crippen molar-refractivity contribution in [3.63, 3.8) is 0 Å². The molecular weight excluding hydrogens is 132 g/mol. The van der Waals surface area contributed by atoms with Gasteiger partial charge in [-0.1, -0.05) is 45.9 Å². The summed E-state index contributed by atoms with van der Waals surface area (Å²) in [4.78, 5) is 0. The third-order valence-electron chi connectivity index (χ3n) is 2.86. The number of hydrogen-bond donors (Lipinski definition) is 0. The fourth-order valence-corrected chi connectivity index (χ4v) is 2.08. The van der Waals surface area contributed by atoms with Crippen LogP contribution in [0.3, 0.4) is 0 Å². The second kappa shape index (κ2) is 4.13. The molecule has 0 aromatic rings. The van der Waals surface area contributed by atoms with Gasteiger partial charge in [0.05, 0.1) is 0 Å². The molecule has 1 saturated carbocycles. The lowest BCUT2D eigenvalue weighted by Crippen LogP contribution is -2.22. The van der Waals surface area contributed by atoms with Gasteiger partial charge in [-0.05, 0) is 24.7 Å². The maximum Gasteiger partial charge on any atom is 0.0269 e. The molecule has 1 aliphatic rings. The highest BCUT2D eigenvalue weighted by molar-refractivity contribution is 4.80. The predicted molar refractivity (Wildman–Crippen MR) is 50.7 cm³/mol. The van der Waals surface area contributed by atoms with E-state index in [2.05, 4.69) is 0 Å². The van der Waals surface area contributed by atoms with Crippen LogP contribution in [0, 0.1) is 5.41 Å². The van der Waals surface area contributed by atoms with Crippen LogP contribution in [0.1, 0.15) is 70.6 Å². The van der Waals surface area contributed by atoms with Gasteiger partial charge in [-0.15, -0.1) is 0 Å². The molecule has 11 heavy (non-hydrogen) atoms. The third kappa shape index (κ3) is 2.21. The second-order valence-electron chi connectivity index (χ2n) is 3.62. The van der Waals surface area contributed by atoms with E-state index in [1.807, 2.05) is 0 Å². The van der Waals surface area contributed by atoms with E-state index in [4.69, 9.17) is 5.48 Å². The van der Waals surface area contributed by atoms with Gasteiger partial charge in [-0.25, -0.2) is 0 Å². The summed E-state index contributed by atoms with van der Waals surface area (Å²) < 4.78 is 31.3. The van der Waals surface area contributed by atoms with Crippen molar-refractivity contribution in [3.05, 3.63) is 0 Å². The first-order valence-corrected chi connectivity index (χ1v) is 4.66. The highest BCUT2D eigenvalue weighted by atomic mass is 14.3. The van der Waals surface area contributed by atoms with Crippen LogP contribution in [0.25, 0.3) is 0 Å². The van der Waals surface area contributed by atoms with Crippen molar-refractivity contribution in [3.8, 4) is 0 Å². The minimum Gasteiger partial charge on any atom is -0.0654 e. The average molecular weight is 158 g/mol. The molecule has 1 fully saturated rings. The van der Waals surface area contributed by atoms with Crippen molar-refractivity contribution in [1.82, 2.24) is 0 Å². The zero-order valence-electron chi connectivity index (χ0n) is 11.7. The summed E-state index contributed by atoms with van der Waals surface area (Å²) in [6.45, 7) is 3.18. The van der Waals surface area contributed by atoms with Crippen LogP contribution in [-0.2, 0) is 0 Å². The molecule has 66 valence electrons. The lowest BCUT2D eigenvalue weighted by molar-refractivity contribution is 0.163. The largest absolute Gasteiger partial charge is 0.0654 e. The Morgan fingerprint density at radius 1 is 1.18 bits per heavy atom. The molecular formula is C11H22. The zero-order chi connectivity index (χ0) is 11.7. The van der Waals surface area contributed by atoms with E-state index >= 15 is 0 Å². The van der Waals surface area contributed by atoms with Gasteiger partial charge in [0.1, 0.15) is 0 Å². The van der Waals surface area contributed by atoms with Crippen molar-refractivity contribution in [2.75, 3.05) is 0 Å². The molecule has 0 heteroatoms. The maximum atomic E-state index is 7.95. The highest BCUT2D eigenvalue weighted by Gasteiger charge is 2.28. The Kier molecular flexibility index (Phi) is 1.84. The molecule has 0 nitrogen and oxygen atoms in total. The standard InChI is InChI=1S/C11H22/c1-3-8-11(4-2)9-6-5-7-10-11/h3-10H2,1-2H3/i3D2,4D2.